The van der Waals surface area contributed by atoms with Crippen LogP contribution in [0.5, 0.6) is 0 Å². The number of carbonyl (C=O) groups excluding carboxylic acids is 2. The Labute approximate surface area is 91.4 Å². The second-order valence-corrected chi connectivity index (χ2v) is 3.62. The lowest BCUT2D eigenvalue weighted by molar-refractivity contribution is -0.152. The maximum atomic E-state index is 11.1. The molecular formula is C11H21NO3. The molecule has 0 aliphatic heterocycles. The number of hydrogen-bond donors (Lipinski definition) is 1. The van der Waals surface area contributed by atoms with E-state index in [0.29, 0.717) is 12.5 Å². The van der Waals surface area contributed by atoms with Crippen LogP contribution in [0.4, 0.5) is 0 Å². The van der Waals surface area contributed by atoms with Gasteiger partial charge in [-0.1, -0.05) is 33.1 Å². The van der Waals surface area contributed by atoms with Gasteiger partial charge in [0, 0.05) is 6.54 Å². The monoisotopic (exact) mass is 215 g/mol. The highest BCUT2D eigenvalue weighted by atomic mass is 16.5. The van der Waals surface area contributed by atoms with Crippen LogP contribution in [0.25, 0.3) is 0 Å². The first-order chi connectivity index (χ1) is 7.15. The van der Waals surface area contributed by atoms with Gasteiger partial charge < -0.3 is 10.1 Å². The van der Waals surface area contributed by atoms with Gasteiger partial charge in [-0.05, 0) is 12.3 Å². The number of rotatable bonds is 6. The summed E-state index contributed by atoms with van der Waals surface area (Å²) in [6.45, 7) is 4.79. The van der Waals surface area contributed by atoms with Crippen LogP contribution in [0.2, 0.25) is 0 Å². The minimum Gasteiger partial charge on any atom is -0.462 e. The van der Waals surface area contributed by atoms with Crippen molar-refractivity contribution < 1.29 is 14.3 Å². The van der Waals surface area contributed by atoms with Crippen molar-refractivity contribution in [1.82, 2.24) is 5.32 Å². The van der Waals surface area contributed by atoms with E-state index in [0.717, 1.165) is 25.7 Å². The van der Waals surface area contributed by atoms with Gasteiger partial charge >= 0.3 is 11.9 Å². The van der Waals surface area contributed by atoms with Crippen molar-refractivity contribution in [2.45, 2.75) is 39.5 Å². The summed E-state index contributed by atoms with van der Waals surface area (Å²) in [5.41, 5.74) is 0. The average molecular weight is 215 g/mol. The van der Waals surface area contributed by atoms with Gasteiger partial charge in [0.25, 0.3) is 0 Å². The van der Waals surface area contributed by atoms with E-state index in [9.17, 15) is 9.59 Å². The third kappa shape index (κ3) is 6.10. The van der Waals surface area contributed by atoms with Crippen molar-refractivity contribution in [3.8, 4) is 0 Å². The van der Waals surface area contributed by atoms with Crippen molar-refractivity contribution in [3.63, 3.8) is 0 Å². The predicted molar refractivity (Wildman–Crippen MR) is 58.3 cm³/mol. The Morgan fingerprint density at radius 1 is 1.33 bits per heavy atom. The number of hydrogen-bond acceptors (Lipinski definition) is 3. The fourth-order valence-corrected chi connectivity index (χ4v) is 1.35. The highest BCUT2D eigenvalue weighted by Crippen LogP contribution is 2.10. The van der Waals surface area contributed by atoms with Crippen LogP contribution in [0.1, 0.15) is 39.5 Å². The molecule has 0 aromatic carbocycles. The molecule has 0 bridgehead atoms. The van der Waals surface area contributed by atoms with Gasteiger partial charge in [-0.3, -0.25) is 4.79 Å². The number of ether oxygens (including phenoxy) is 1. The molecule has 0 spiro atoms. The predicted octanol–water partition coefficient (Wildman–Crippen LogP) is 1.49. The van der Waals surface area contributed by atoms with Crippen molar-refractivity contribution in [3.05, 3.63) is 0 Å². The molecule has 1 amide bonds. The molecular weight excluding hydrogens is 194 g/mol. The zero-order valence-corrected chi connectivity index (χ0v) is 9.84. The summed E-state index contributed by atoms with van der Waals surface area (Å²) < 4.78 is 4.31. The van der Waals surface area contributed by atoms with Gasteiger partial charge in [0.2, 0.25) is 0 Å². The number of unbranched alkanes of at least 4 members (excludes halogenated alkanes) is 1. The molecule has 0 aliphatic rings. The molecule has 4 nitrogen and oxygen atoms in total. The summed E-state index contributed by atoms with van der Waals surface area (Å²) in [5, 5.41) is 2.58. The summed E-state index contributed by atoms with van der Waals surface area (Å²) >= 11 is 0. The fraction of sp³-hybridized carbons (Fsp3) is 0.818. The normalized spacial score (nSPS) is 11.9. The zero-order valence-electron chi connectivity index (χ0n) is 9.84. The molecule has 0 fully saturated rings. The maximum absolute atomic E-state index is 11.1. The van der Waals surface area contributed by atoms with Crippen LogP contribution in [0.3, 0.4) is 0 Å². The van der Waals surface area contributed by atoms with E-state index >= 15 is 0 Å². The van der Waals surface area contributed by atoms with Gasteiger partial charge in [0.1, 0.15) is 0 Å². The third-order valence-corrected chi connectivity index (χ3v) is 2.47. The molecule has 88 valence electrons. The lowest BCUT2D eigenvalue weighted by Crippen LogP contribution is -2.35. The van der Waals surface area contributed by atoms with E-state index in [1.54, 1.807) is 0 Å². The lowest BCUT2D eigenvalue weighted by atomic mass is 9.99. The Kier molecular flexibility index (Phi) is 7.68. The van der Waals surface area contributed by atoms with Gasteiger partial charge in [-0.15, -0.1) is 0 Å². The highest BCUT2D eigenvalue weighted by Gasteiger charge is 2.14. The Morgan fingerprint density at radius 3 is 2.47 bits per heavy atom. The first kappa shape index (κ1) is 13.9. The van der Waals surface area contributed by atoms with Crippen LogP contribution in [0, 0.1) is 5.92 Å². The molecule has 15 heavy (non-hydrogen) atoms. The highest BCUT2D eigenvalue weighted by molar-refractivity contribution is 6.32. The Balaban J connectivity index is 3.79. The molecule has 0 rings (SSSR count). The molecule has 0 aromatic rings. The maximum Gasteiger partial charge on any atom is 0.396 e. The molecule has 0 aromatic heterocycles. The van der Waals surface area contributed by atoms with Gasteiger partial charge in [0.15, 0.2) is 0 Å². The fourth-order valence-electron chi connectivity index (χ4n) is 1.35. The molecule has 0 radical (unpaired) electrons. The van der Waals surface area contributed by atoms with Gasteiger partial charge in [-0.2, -0.15) is 0 Å². The van der Waals surface area contributed by atoms with E-state index in [4.69, 9.17) is 0 Å². The topological polar surface area (TPSA) is 55.4 Å². The minimum atomic E-state index is -0.819. The lowest BCUT2D eigenvalue weighted by Gasteiger charge is -2.14. The number of methoxy groups -OCH3 is 1. The summed E-state index contributed by atoms with van der Waals surface area (Å²) in [7, 11) is 1.20. The Hall–Kier alpha value is -1.06. The summed E-state index contributed by atoms with van der Waals surface area (Å²) in [6.07, 6.45) is 4.42. The zero-order chi connectivity index (χ0) is 11.7. The molecule has 1 atom stereocenters. The van der Waals surface area contributed by atoms with E-state index in [2.05, 4.69) is 23.9 Å². The largest absolute Gasteiger partial charge is 0.462 e. The SMILES string of the molecule is CCCCC(CC)CNC(=O)C(=O)OC. The Bertz CT molecular complexity index is 204. The molecule has 0 aliphatic carbocycles. The summed E-state index contributed by atoms with van der Waals surface area (Å²) in [4.78, 5) is 21.9. The summed E-state index contributed by atoms with van der Waals surface area (Å²) in [6, 6.07) is 0. The first-order valence-corrected chi connectivity index (χ1v) is 5.51. The van der Waals surface area contributed by atoms with E-state index in [1.165, 1.54) is 7.11 Å². The molecule has 4 heteroatoms. The number of esters is 1. The van der Waals surface area contributed by atoms with Crippen molar-refractivity contribution in [2.75, 3.05) is 13.7 Å². The molecule has 1 N–H and O–H groups in total. The van der Waals surface area contributed by atoms with Crippen molar-refractivity contribution in [2.24, 2.45) is 5.92 Å². The molecule has 0 saturated carbocycles. The smallest absolute Gasteiger partial charge is 0.396 e. The van der Waals surface area contributed by atoms with E-state index in [-0.39, 0.29) is 0 Å². The minimum absolute atomic E-state index is 0.457. The second kappa shape index (κ2) is 8.26. The number of carbonyl (C=O) groups is 2. The third-order valence-electron chi connectivity index (χ3n) is 2.47. The molecule has 1 unspecified atom stereocenters. The standard InChI is InChI=1S/C11H21NO3/c1-4-6-7-9(5-2)8-12-10(13)11(14)15-3/h9H,4-8H2,1-3H3,(H,12,13). The van der Waals surface area contributed by atoms with Crippen LogP contribution in [0.15, 0.2) is 0 Å². The number of nitrogens with one attached hydrogen (secondary N) is 1. The van der Waals surface area contributed by atoms with Gasteiger partial charge in [0.05, 0.1) is 7.11 Å². The van der Waals surface area contributed by atoms with Crippen LogP contribution in [-0.2, 0) is 14.3 Å². The van der Waals surface area contributed by atoms with E-state index in [1.807, 2.05) is 0 Å². The van der Waals surface area contributed by atoms with Crippen LogP contribution in [-0.4, -0.2) is 25.5 Å². The van der Waals surface area contributed by atoms with Crippen molar-refractivity contribution in [1.29, 1.82) is 0 Å². The van der Waals surface area contributed by atoms with Crippen LogP contribution >= 0.6 is 0 Å². The molecule has 0 saturated heterocycles. The van der Waals surface area contributed by atoms with E-state index < -0.39 is 11.9 Å². The second-order valence-electron chi connectivity index (χ2n) is 3.62. The van der Waals surface area contributed by atoms with Crippen molar-refractivity contribution >= 4 is 11.9 Å². The molecule has 0 heterocycles. The summed E-state index contributed by atoms with van der Waals surface area (Å²) in [5.74, 6) is -1.01. The van der Waals surface area contributed by atoms with Crippen LogP contribution < -0.4 is 5.32 Å². The quantitative estimate of drug-likeness (QED) is 0.539. The average Bonchev–Trinajstić information content (AvgIpc) is 2.27. The first-order valence-electron chi connectivity index (χ1n) is 5.51. The van der Waals surface area contributed by atoms with Gasteiger partial charge in [-0.25, -0.2) is 4.79 Å². The Morgan fingerprint density at radius 2 is 2.00 bits per heavy atom. The number of amides is 1.